The normalized spacial score (nSPS) is 25.4. The van der Waals surface area contributed by atoms with Gasteiger partial charge in [-0.05, 0) is 43.9 Å². The molecule has 0 saturated carbocycles. The SMILES string of the molecule is COC[C@H]1CC2(CCN(S(=O)(=O)c3ccccc3F)CC2)CN1C. The van der Waals surface area contributed by atoms with Crippen LogP contribution in [0.15, 0.2) is 29.2 Å². The van der Waals surface area contributed by atoms with Crippen molar-refractivity contribution in [2.45, 2.75) is 30.2 Å². The molecule has 0 aliphatic carbocycles. The molecule has 0 N–H and O–H groups in total. The van der Waals surface area contributed by atoms with Crippen molar-refractivity contribution in [1.82, 2.24) is 9.21 Å². The molecule has 0 unspecified atom stereocenters. The molecule has 134 valence electrons. The first-order chi connectivity index (χ1) is 11.4. The van der Waals surface area contributed by atoms with Crippen LogP contribution in [0.1, 0.15) is 19.3 Å². The van der Waals surface area contributed by atoms with Gasteiger partial charge in [0.2, 0.25) is 10.0 Å². The highest BCUT2D eigenvalue weighted by atomic mass is 32.2. The van der Waals surface area contributed by atoms with Crippen molar-refractivity contribution < 1.29 is 17.5 Å². The second-order valence-corrected chi connectivity index (χ2v) is 8.97. The van der Waals surface area contributed by atoms with Crippen LogP contribution < -0.4 is 0 Å². The van der Waals surface area contributed by atoms with Gasteiger partial charge in [0.1, 0.15) is 10.7 Å². The standard InChI is InChI=1S/C17H25FN2O3S/c1-19-13-17(11-14(19)12-23-2)7-9-20(10-8-17)24(21,22)16-6-4-3-5-15(16)18/h3-6,14H,7-13H2,1-2H3/t14-/m1/s1. The number of ether oxygens (including phenoxy) is 1. The highest BCUT2D eigenvalue weighted by Crippen LogP contribution is 2.43. The molecule has 5 nitrogen and oxygen atoms in total. The average Bonchev–Trinajstić information content (AvgIpc) is 2.84. The number of methoxy groups -OCH3 is 1. The molecule has 2 aliphatic rings. The summed E-state index contributed by atoms with van der Waals surface area (Å²) in [5.41, 5.74) is 0.152. The van der Waals surface area contributed by atoms with E-state index in [-0.39, 0.29) is 10.3 Å². The van der Waals surface area contributed by atoms with Crippen LogP contribution in [-0.4, -0.2) is 64.1 Å². The van der Waals surface area contributed by atoms with Gasteiger partial charge in [-0.25, -0.2) is 12.8 Å². The number of nitrogens with zero attached hydrogens (tertiary/aromatic N) is 2. The predicted molar refractivity (Wildman–Crippen MR) is 89.7 cm³/mol. The third-order valence-corrected chi connectivity index (χ3v) is 7.41. The number of hydrogen-bond donors (Lipinski definition) is 0. The Bertz CT molecular complexity index is 687. The minimum absolute atomic E-state index is 0.152. The Kier molecular flexibility index (Phi) is 4.97. The molecule has 2 aliphatic heterocycles. The zero-order valence-corrected chi connectivity index (χ0v) is 15.1. The molecule has 1 spiro atoms. The van der Waals surface area contributed by atoms with Crippen LogP contribution in [0.5, 0.6) is 0 Å². The first-order valence-electron chi connectivity index (χ1n) is 8.32. The van der Waals surface area contributed by atoms with Gasteiger partial charge in [0.15, 0.2) is 0 Å². The Labute approximate surface area is 143 Å². The maximum atomic E-state index is 13.9. The molecular formula is C17H25FN2O3S. The highest BCUT2D eigenvalue weighted by molar-refractivity contribution is 7.89. The Morgan fingerprint density at radius 1 is 1.29 bits per heavy atom. The Morgan fingerprint density at radius 3 is 2.58 bits per heavy atom. The van der Waals surface area contributed by atoms with E-state index in [4.69, 9.17) is 4.74 Å². The molecule has 0 radical (unpaired) electrons. The van der Waals surface area contributed by atoms with Crippen LogP contribution in [0.3, 0.4) is 0 Å². The molecule has 2 fully saturated rings. The molecular weight excluding hydrogens is 331 g/mol. The van der Waals surface area contributed by atoms with E-state index >= 15 is 0 Å². The van der Waals surface area contributed by atoms with Crippen molar-refractivity contribution >= 4 is 10.0 Å². The number of likely N-dealkylation sites (tertiary alicyclic amines) is 1. The van der Waals surface area contributed by atoms with Gasteiger partial charge in [-0.3, -0.25) is 0 Å². The van der Waals surface area contributed by atoms with E-state index in [1.54, 1.807) is 13.2 Å². The zero-order valence-electron chi connectivity index (χ0n) is 14.2. The lowest BCUT2D eigenvalue weighted by molar-refractivity contribution is 0.129. The summed E-state index contributed by atoms with van der Waals surface area (Å²) in [4.78, 5) is 2.09. The summed E-state index contributed by atoms with van der Waals surface area (Å²) >= 11 is 0. The van der Waals surface area contributed by atoms with E-state index in [0.29, 0.717) is 25.7 Å². The van der Waals surface area contributed by atoms with Gasteiger partial charge in [0.05, 0.1) is 6.61 Å². The molecule has 1 aromatic rings. The van der Waals surface area contributed by atoms with Gasteiger partial charge in [0, 0.05) is 32.8 Å². The van der Waals surface area contributed by atoms with E-state index in [9.17, 15) is 12.8 Å². The lowest BCUT2D eigenvalue weighted by Gasteiger charge is -2.38. The topological polar surface area (TPSA) is 49.9 Å². The smallest absolute Gasteiger partial charge is 0.245 e. The van der Waals surface area contributed by atoms with Gasteiger partial charge in [-0.15, -0.1) is 0 Å². The Balaban J connectivity index is 1.71. The fourth-order valence-electron chi connectivity index (χ4n) is 4.11. The lowest BCUT2D eigenvalue weighted by atomic mass is 9.77. The van der Waals surface area contributed by atoms with Crippen LogP contribution in [0.2, 0.25) is 0 Å². The van der Waals surface area contributed by atoms with E-state index in [0.717, 1.165) is 25.8 Å². The molecule has 1 aromatic carbocycles. The highest BCUT2D eigenvalue weighted by Gasteiger charge is 2.45. The van der Waals surface area contributed by atoms with Crippen LogP contribution >= 0.6 is 0 Å². The van der Waals surface area contributed by atoms with Gasteiger partial charge in [0.25, 0.3) is 0 Å². The van der Waals surface area contributed by atoms with Gasteiger partial charge >= 0.3 is 0 Å². The van der Waals surface area contributed by atoms with Crippen molar-refractivity contribution in [2.75, 3.05) is 40.4 Å². The van der Waals surface area contributed by atoms with Crippen molar-refractivity contribution in [3.05, 3.63) is 30.1 Å². The van der Waals surface area contributed by atoms with Crippen molar-refractivity contribution in [2.24, 2.45) is 5.41 Å². The maximum absolute atomic E-state index is 13.9. The summed E-state index contributed by atoms with van der Waals surface area (Å²) in [6.07, 6.45) is 2.65. The van der Waals surface area contributed by atoms with Crippen LogP contribution in [0.4, 0.5) is 4.39 Å². The van der Waals surface area contributed by atoms with Gasteiger partial charge in [-0.1, -0.05) is 12.1 Å². The van der Waals surface area contributed by atoms with E-state index in [2.05, 4.69) is 11.9 Å². The summed E-state index contributed by atoms with van der Waals surface area (Å²) < 4.78 is 46.0. The predicted octanol–water partition coefficient (Wildman–Crippen LogP) is 1.95. The molecule has 0 bridgehead atoms. The monoisotopic (exact) mass is 356 g/mol. The number of benzene rings is 1. The van der Waals surface area contributed by atoms with Crippen LogP contribution in [0, 0.1) is 11.2 Å². The third-order valence-electron chi connectivity index (χ3n) is 5.47. The Morgan fingerprint density at radius 2 is 1.96 bits per heavy atom. The molecule has 2 heterocycles. The number of likely N-dealkylation sites (N-methyl/N-ethyl adjacent to an activating group) is 1. The molecule has 3 rings (SSSR count). The number of rotatable bonds is 4. The number of hydrogen-bond acceptors (Lipinski definition) is 4. The summed E-state index contributed by atoms with van der Waals surface area (Å²) in [5.74, 6) is -0.682. The van der Waals surface area contributed by atoms with E-state index < -0.39 is 15.8 Å². The Hall–Kier alpha value is -1.02. The van der Waals surface area contributed by atoms with Crippen LogP contribution in [0.25, 0.3) is 0 Å². The first-order valence-corrected chi connectivity index (χ1v) is 9.76. The minimum atomic E-state index is -3.76. The van der Waals surface area contributed by atoms with E-state index in [1.165, 1.54) is 22.5 Å². The third kappa shape index (κ3) is 3.22. The van der Waals surface area contributed by atoms with Crippen molar-refractivity contribution in [3.8, 4) is 0 Å². The molecule has 24 heavy (non-hydrogen) atoms. The lowest BCUT2D eigenvalue weighted by Crippen LogP contribution is -2.44. The molecule has 2 saturated heterocycles. The molecule has 7 heteroatoms. The van der Waals surface area contributed by atoms with Crippen molar-refractivity contribution in [1.29, 1.82) is 0 Å². The van der Waals surface area contributed by atoms with Gasteiger partial charge in [-0.2, -0.15) is 4.31 Å². The fraction of sp³-hybridized carbons (Fsp3) is 0.647. The minimum Gasteiger partial charge on any atom is -0.383 e. The zero-order chi connectivity index (χ0) is 17.4. The first kappa shape index (κ1) is 17.8. The van der Waals surface area contributed by atoms with Crippen LogP contribution in [-0.2, 0) is 14.8 Å². The summed E-state index contributed by atoms with van der Waals surface area (Å²) in [5, 5.41) is 0. The second-order valence-electron chi connectivity index (χ2n) is 7.06. The van der Waals surface area contributed by atoms with Gasteiger partial charge < -0.3 is 9.64 Å². The van der Waals surface area contributed by atoms with E-state index in [1.807, 2.05) is 0 Å². The number of piperidine rings is 1. The second kappa shape index (κ2) is 6.71. The quantitative estimate of drug-likeness (QED) is 0.827. The summed E-state index contributed by atoms with van der Waals surface area (Å²) in [7, 11) is 0.0527. The number of halogens is 1. The molecule has 0 aromatic heterocycles. The molecule has 0 amide bonds. The maximum Gasteiger partial charge on any atom is 0.245 e. The summed E-state index contributed by atoms with van der Waals surface area (Å²) in [6.45, 7) is 2.57. The summed E-state index contributed by atoms with van der Waals surface area (Å²) in [6, 6.07) is 5.99. The number of sulfonamides is 1. The molecule has 1 atom stereocenters. The fourth-order valence-corrected chi connectivity index (χ4v) is 5.62. The average molecular weight is 356 g/mol. The largest absolute Gasteiger partial charge is 0.383 e. The van der Waals surface area contributed by atoms with Crippen molar-refractivity contribution in [3.63, 3.8) is 0 Å².